The molecule has 2 heterocycles. The summed E-state index contributed by atoms with van der Waals surface area (Å²) in [7, 11) is 0. The van der Waals surface area contributed by atoms with Gasteiger partial charge in [0.2, 0.25) is 5.91 Å². The lowest BCUT2D eigenvalue weighted by molar-refractivity contribution is -0.130. The summed E-state index contributed by atoms with van der Waals surface area (Å²) in [5.41, 5.74) is 1.67. The van der Waals surface area contributed by atoms with E-state index in [4.69, 9.17) is 11.6 Å². The number of piperazine rings is 1. The standard InChI is InChI=1S/C19H21ClN4O2/c1-14(25)23-8-10-24(11-9-23)19(26)16-6-7-21-18(12-16)22-13-15-2-4-17(20)5-3-15/h2-7,12H,8-11,13H2,1H3,(H,21,22). The second-order valence-electron chi connectivity index (χ2n) is 6.21. The maximum atomic E-state index is 12.7. The van der Waals surface area contributed by atoms with Crippen molar-refractivity contribution >= 4 is 29.2 Å². The molecule has 7 heteroatoms. The average molecular weight is 373 g/mol. The summed E-state index contributed by atoms with van der Waals surface area (Å²) in [4.78, 5) is 31.9. The molecule has 1 aliphatic heterocycles. The van der Waals surface area contributed by atoms with E-state index >= 15 is 0 Å². The molecular formula is C19H21ClN4O2. The van der Waals surface area contributed by atoms with E-state index in [1.807, 2.05) is 24.3 Å². The third-order valence-corrected chi connectivity index (χ3v) is 4.66. The molecule has 1 aromatic heterocycles. The van der Waals surface area contributed by atoms with Crippen molar-refractivity contribution in [3.05, 3.63) is 58.7 Å². The Labute approximate surface area is 157 Å². The smallest absolute Gasteiger partial charge is 0.254 e. The highest BCUT2D eigenvalue weighted by Crippen LogP contribution is 2.14. The highest BCUT2D eigenvalue weighted by Gasteiger charge is 2.23. The quantitative estimate of drug-likeness (QED) is 0.896. The minimum Gasteiger partial charge on any atom is -0.366 e. The number of aromatic nitrogens is 1. The summed E-state index contributed by atoms with van der Waals surface area (Å²) in [5.74, 6) is 0.660. The summed E-state index contributed by atoms with van der Waals surface area (Å²) in [5, 5.41) is 3.92. The topological polar surface area (TPSA) is 65.5 Å². The second kappa shape index (κ2) is 8.19. The Morgan fingerprint density at radius 1 is 1.08 bits per heavy atom. The Balaban J connectivity index is 1.60. The van der Waals surface area contributed by atoms with Crippen LogP contribution in [0.15, 0.2) is 42.6 Å². The number of nitrogens with one attached hydrogen (secondary N) is 1. The minimum atomic E-state index is -0.0369. The van der Waals surface area contributed by atoms with Gasteiger partial charge in [0.05, 0.1) is 0 Å². The molecule has 1 aliphatic rings. The van der Waals surface area contributed by atoms with Crippen LogP contribution in [0.1, 0.15) is 22.8 Å². The molecule has 1 N–H and O–H groups in total. The molecule has 1 saturated heterocycles. The van der Waals surface area contributed by atoms with Crippen molar-refractivity contribution in [2.45, 2.75) is 13.5 Å². The predicted octanol–water partition coefficient (Wildman–Crippen LogP) is 2.65. The van der Waals surface area contributed by atoms with Gasteiger partial charge in [-0.1, -0.05) is 23.7 Å². The van der Waals surface area contributed by atoms with Crippen molar-refractivity contribution in [1.29, 1.82) is 0 Å². The molecule has 136 valence electrons. The van der Waals surface area contributed by atoms with Crippen LogP contribution in [0.25, 0.3) is 0 Å². The predicted molar refractivity (Wildman–Crippen MR) is 101 cm³/mol. The first-order valence-corrected chi connectivity index (χ1v) is 8.90. The fraction of sp³-hybridized carbons (Fsp3) is 0.316. The van der Waals surface area contributed by atoms with Crippen molar-refractivity contribution in [2.75, 3.05) is 31.5 Å². The Kier molecular flexibility index (Phi) is 5.73. The number of hydrogen-bond acceptors (Lipinski definition) is 4. The van der Waals surface area contributed by atoms with Gasteiger partial charge in [0.25, 0.3) is 5.91 Å². The molecule has 0 spiro atoms. The monoisotopic (exact) mass is 372 g/mol. The van der Waals surface area contributed by atoms with Crippen LogP contribution in [-0.4, -0.2) is 52.8 Å². The third kappa shape index (κ3) is 4.52. The van der Waals surface area contributed by atoms with Gasteiger partial charge >= 0.3 is 0 Å². The van der Waals surface area contributed by atoms with Gasteiger partial charge < -0.3 is 15.1 Å². The van der Waals surface area contributed by atoms with E-state index in [0.29, 0.717) is 49.1 Å². The van der Waals surface area contributed by atoms with E-state index in [1.54, 1.807) is 35.1 Å². The molecule has 0 unspecified atom stereocenters. The average Bonchev–Trinajstić information content (AvgIpc) is 2.67. The number of amides is 2. The molecule has 26 heavy (non-hydrogen) atoms. The maximum Gasteiger partial charge on any atom is 0.254 e. The zero-order valence-electron chi connectivity index (χ0n) is 14.6. The number of carbonyl (C=O) groups excluding carboxylic acids is 2. The molecular weight excluding hydrogens is 352 g/mol. The number of nitrogens with zero attached hydrogens (tertiary/aromatic N) is 3. The number of carbonyl (C=O) groups is 2. The van der Waals surface area contributed by atoms with Gasteiger partial charge in [-0.2, -0.15) is 0 Å². The van der Waals surface area contributed by atoms with Crippen LogP contribution in [0.3, 0.4) is 0 Å². The summed E-state index contributed by atoms with van der Waals surface area (Å²) in [6.07, 6.45) is 1.63. The normalized spacial score (nSPS) is 14.2. The largest absolute Gasteiger partial charge is 0.366 e. The lowest BCUT2D eigenvalue weighted by Crippen LogP contribution is -2.50. The van der Waals surface area contributed by atoms with Gasteiger partial charge in [0, 0.05) is 56.4 Å². The summed E-state index contributed by atoms with van der Waals surface area (Å²) < 4.78 is 0. The number of benzene rings is 1. The molecule has 0 radical (unpaired) electrons. The molecule has 2 aromatic rings. The summed E-state index contributed by atoms with van der Waals surface area (Å²) in [6.45, 7) is 4.41. The molecule has 1 aromatic carbocycles. The van der Waals surface area contributed by atoms with Crippen molar-refractivity contribution in [1.82, 2.24) is 14.8 Å². The summed E-state index contributed by atoms with van der Waals surface area (Å²) >= 11 is 5.89. The van der Waals surface area contributed by atoms with Gasteiger partial charge in [0.1, 0.15) is 5.82 Å². The molecule has 0 saturated carbocycles. The van der Waals surface area contributed by atoms with Crippen LogP contribution < -0.4 is 5.32 Å². The van der Waals surface area contributed by atoms with Crippen molar-refractivity contribution in [3.63, 3.8) is 0 Å². The van der Waals surface area contributed by atoms with Gasteiger partial charge in [-0.3, -0.25) is 9.59 Å². The highest BCUT2D eigenvalue weighted by atomic mass is 35.5. The van der Waals surface area contributed by atoms with Crippen LogP contribution in [0.2, 0.25) is 5.02 Å². The lowest BCUT2D eigenvalue weighted by atomic mass is 10.2. The summed E-state index contributed by atoms with van der Waals surface area (Å²) in [6, 6.07) is 11.0. The zero-order chi connectivity index (χ0) is 18.5. The first-order valence-electron chi connectivity index (χ1n) is 8.52. The first-order chi connectivity index (χ1) is 12.5. The number of anilines is 1. The van der Waals surface area contributed by atoms with Crippen molar-refractivity contribution in [2.24, 2.45) is 0 Å². The van der Waals surface area contributed by atoms with Crippen LogP contribution in [0.5, 0.6) is 0 Å². The van der Waals surface area contributed by atoms with Gasteiger partial charge in [-0.25, -0.2) is 4.98 Å². The van der Waals surface area contributed by atoms with E-state index in [9.17, 15) is 9.59 Å². The fourth-order valence-electron chi connectivity index (χ4n) is 2.86. The Bertz CT molecular complexity index is 786. The number of rotatable bonds is 4. The maximum absolute atomic E-state index is 12.7. The Hall–Kier alpha value is -2.60. The van der Waals surface area contributed by atoms with Gasteiger partial charge in [-0.15, -0.1) is 0 Å². The van der Waals surface area contributed by atoms with Crippen LogP contribution in [0.4, 0.5) is 5.82 Å². The van der Waals surface area contributed by atoms with E-state index in [-0.39, 0.29) is 11.8 Å². The van der Waals surface area contributed by atoms with Crippen LogP contribution in [0, 0.1) is 0 Å². The highest BCUT2D eigenvalue weighted by molar-refractivity contribution is 6.30. The van der Waals surface area contributed by atoms with E-state index < -0.39 is 0 Å². The first kappa shape index (κ1) is 18.2. The molecule has 6 nitrogen and oxygen atoms in total. The molecule has 2 amide bonds. The zero-order valence-corrected chi connectivity index (χ0v) is 15.4. The molecule has 0 aliphatic carbocycles. The van der Waals surface area contributed by atoms with Crippen molar-refractivity contribution in [3.8, 4) is 0 Å². The molecule has 1 fully saturated rings. The third-order valence-electron chi connectivity index (χ3n) is 4.41. The Morgan fingerprint density at radius 2 is 1.73 bits per heavy atom. The van der Waals surface area contributed by atoms with Gasteiger partial charge in [-0.05, 0) is 29.8 Å². The molecule has 3 rings (SSSR count). The minimum absolute atomic E-state index is 0.0369. The number of pyridine rings is 1. The van der Waals surface area contributed by atoms with Crippen LogP contribution in [-0.2, 0) is 11.3 Å². The SMILES string of the molecule is CC(=O)N1CCN(C(=O)c2ccnc(NCc3ccc(Cl)cc3)c2)CC1. The number of hydrogen-bond donors (Lipinski definition) is 1. The molecule has 0 bridgehead atoms. The lowest BCUT2D eigenvalue weighted by Gasteiger charge is -2.34. The van der Waals surface area contributed by atoms with E-state index in [2.05, 4.69) is 10.3 Å². The fourth-order valence-corrected chi connectivity index (χ4v) is 2.99. The number of halogens is 1. The second-order valence-corrected chi connectivity index (χ2v) is 6.64. The van der Waals surface area contributed by atoms with E-state index in [0.717, 1.165) is 5.56 Å². The van der Waals surface area contributed by atoms with Crippen molar-refractivity contribution < 1.29 is 9.59 Å². The molecule has 0 atom stereocenters. The van der Waals surface area contributed by atoms with Crippen LogP contribution >= 0.6 is 11.6 Å². The van der Waals surface area contributed by atoms with E-state index in [1.165, 1.54) is 0 Å². The Morgan fingerprint density at radius 3 is 2.38 bits per heavy atom. The van der Waals surface area contributed by atoms with Gasteiger partial charge in [0.15, 0.2) is 0 Å².